The molecule has 1 amide bonds. The summed E-state index contributed by atoms with van der Waals surface area (Å²) in [5.74, 6) is 0.0192. The summed E-state index contributed by atoms with van der Waals surface area (Å²) in [7, 11) is 1.80. The Kier molecular flexibility index (Phi) is 4.99. The Hall–Kier alpha value is -1.35. The van der Waals surface area contributed by atoms with E-state index >= 15 is 0 Å². The van der Waals surface area contributed by atoms with Crippen LogP contribution in [0.15, 0.2) is 30.3 Å². The van der Waals surface area contributed by atoms with E-state index in [1.807, 2.05) is 37.3 Å². The molecule has 0 aliphatic rings. The minimum atomic E-state index is -0.432. The van der Waals surface area contributed by atoms with Crippen molar-refractivity contribution in [3.8, 4) is 0 Å². The third-order valence-electron chi connectivity index (χ3n) is 2.55. The Morgan fingerprint density at radius 1 is 1.38 bits per heavy atom. The third kappa shape index (κ3) is 3.66. The van der Waals surface area contributed by atoms with E-state index in [1.54, 1.807) is 11.9 Å². The number of carbonyl (C=O) groups excluding carboxylic acids is 1. The van der Waals surface area contributed by atoms with E-state index in [0.717, 1.165) is 18.5 Å². The molecule has 1 aromatic carbocycles. The molecule has 0 saturated heterocycles. The highest BCUT2D eigenvalue weighted by atomic mass is 16.2. The summed E-state index contributed by atoms with van der Waals surface area (Å²) in [6.45, 7) is 2.81. The molecule has 0 unspecified atom stereocenters. The van der Waals surface area contributed by atoms with Crippen molar-refractivity contribution in [3.63, 3.8) is 0 Å². The molecule has 3 nitrogen and oxygen atoms in total. The van der Waals surface area contributed by atoms with Gasteiger partial charge < -0.3 is 10.6 Å². The Labute approximate surface area is 97.2 Å². The molecule has 0 fully saturated rings. The van der Waals surface area contributed by atoms with Crippen LogP contribution in [0.25, 0.3) is 0 Å². The third-order valence-corrected chi connectivity index (χ3v) is 2.55. The maximum atomic E-state index is 11.8. The normalized spacial score (nSPS) is 12.2. The SMILES string of the molecule is CCCN(C)C(=O)[C@@H](N)Cc1ccccc1. The topological polar surface area (TPSA) is 46.3 Å². The maximum Gasteiger partial charge on any atom is 0.239 e. The lowest BCUT2D eigenvalue weighted by Crippen LogP contribution is -2.43. The van der Waals surface area contributed by atoms with Crippen LogP contribution in [-0.4, -0.2) is 30.4 Å². The highest BCUT2D eigenvalue weighted by Crippen LogP contribution is 2.03. The summed E-state index contributed by atoms with van der Waals surface area (Å²) in [6, 6.07) is 9.43. The van der Waals surface area contributed by atoms with Gasteiger partial charge >= 0.3 is 0 Å². The van der Waals surface area contributed by atoms with Gasteiger partial charge in [0.1, 0.15) is 0 Å². The number of carbonyl (C=O) groups is 1. The lowest BCUT2D eigenvalue weighted by molar-refractivity contribution is -0.131. The molecule has 0 spiro atoms. The second kappa shape index (κ2) is 6.28. The lowest BCUT2D eigenvalue weighted by Gasteiger charge is -2.20. The van der Waals surface area contributed by atoms with Gasteiger partial charge in [-0.2, -0.15) is 0 Å². The summed E-state index contributed by atoms with van der Waals surface area (Å²) in [5.41, 5.74) is 6.99. The van der Waals surface area contributed by atoms with Gasteiger partial charge in [0.25, 0.3) is 0 Å². The molecule has 0 bridgehead atoms. The van der Waals surface area contributed by atoms with Crippen molar-refractivity contribution in [2.45, 2.75) is 25.8 Å². The summed E-state index contributed by atoms with van der Waals surface area (Å²) in [6.07, 6.45) is 1.56. The van der Waals surface area contributed by atoms with Gasteiger partial charge in [0.05, 0.1) is 6.04 Å². The second-order valence-corrected chi connectivity index (χ2v) is 4.06. The van der Waals surface area contributed by atoms with E-state index in [0.29, 0.717) is 6.42 Å². The van der Waals surface area contributed by atoms with Gasteiger partial charge in [0.2, 0.25) is 5.91 Å². The quantitative estimate of drug-likeness (QED) is 0.816. The number of hydrogen-bond acceptors (Lipinski definition) is 2. The molecule has 0 heterocycles. The molecule has 1 aromatic rings. The molecule has 88 valence electrons. The van der Waals surface area contributed by atoms with Crippen LogP contribution in [0.3, 0.4) is 0 Å². The number of nitrogens with zero attached hydrogens (tertiary/aromatic N) is 1. The Morgan fingerprint density at radius 3 is 2.56 bits per heavy atom. The fourth-order valence-corrected chi connectivity index (χ4v) is 1.68. The number of likely N-dealkylation sites (N-methyl/N-ethyl adjacent to an activating group) is 1. The van der Waals surface area contributed by atoms with Crippen LogP contribution >= 0.6 is 0 Å². The summed E-state index contributed by atoms with van der Waals surface area (Å²) in [5, 5.41) is 0. The molecule has 0 aliphatic heterocycles. The van der Waals surface area contributed by atoms with Gasteiger partial charge in [0.15, 0.2) is 0 Å². The van der Waals surface area contributed by atoms with Gasteiger partial charge in [-0.3, -0.25) is 4.79 Å². The van der Waals surface area contributed by atoms with Crippen LogP contribution in [0, 0.1) is 0 Å². The predicted molar refractivity (Wildman–Crippen MR) is 66.0 cm³/mol. The maximum absolute atomic E-state index is 11.8. The summed E-state index contributed by atoms with van der Waals surface area (Å²) in [4.78, 5) is 13.5. The average molecular weight is 220 g/mol. The molecular formula is C13H20N2O. The first-order chi connectivity index (χ1) is 7.65. The second-order valence-electron chi connectivity index (χ2n) is 4.06. The van der Waals surface area contributed by atoms with Gasteiger partial charge in [-0.1, -0.05) is 37.3 Å². The van der Waals surface area contributed by atoms with E-state index in [2.05, 4.69) is 0 Å². The van der Waals surface area contributed by atoms with Crippen LogP contribution < -0.4 is 5.73 Å². The van der Waals surface area contributed by atoms with Gasteiger partial charge in [-0.05, 0) is 18.4 Å². The van der Waals surface area contributed by atoms with Crippen molar-refractivity contribution < 1.29 is 4.79 Å². The molecule has 0 aliphatic carbocycles. The number of hydrogen-bond donors (Lipinski definition) is 1. The van der Waals surface area contributed by atoms with Gasteiger partial charge in [-0.25, -0.2) is 0 Å². The van der Waals surface area contributed by atoms with Crippen LogP contribution in [0.2, 0.25) is 0 Å². The van der Waals surface area contributed by atoms with E-state index in [4.69, 9.17) is 5.73 Å². The molecule has 3 heteroatoms. The summed E-state index contributed by atoms with van der Waals surface area (Å²) >= 11 is 0. The van der Waals surface area contributed by atoms with Gasteiger partial charge in [-0.15, -0.1) is 0 Å². The predicted octanol–water partition coefficient (Wildman–Crippen LogP) is 1.42. The van der Waals surface area contributed by atoms with Crippen LogP contribution in [0.5, 0.6) is 0 Å². The molecule has 1 rings (SSSR count). The highest BCUT2D eigenvalue weighted by Gasteiger charge is 2.17. The lowest BCUT2D eigenvalue weighted by atomic mass is 10.1. The van der Waals surface area contributed by atoms with Crippen molar-refractivity contribution >= 4 is 5.91 Å². The fourth-order valence-electron chi connectivity index (χ4n) is 1.68. The van der Waals surface area contributed by atoms with E-state index in [-0.39, 0.29) is 5.91 Å². The van der Waals surface area contributed by atoms with Crippen molar-refractivity contribution in [1.29, 1.82) is 0 Å². The fraction of sp³-hybridized carbons (Fsp3) is 0.462. The zero-order valence-corrected chi connectivity index (χ0v) is 10.0. The summed E-state index contributed by atoms with van der Waals surface area (Å²) < 4.78 is 0. The monoisotopic (exact) mass is 220 g/mol. The van der Waals surface area contributed by atoms with E-state index in [9.17, 15) is 4.79 Å². The van der Waals surface area contributed by atoms with Crippen LogP contribution in [0.1, 0.15) is 18.9 Å². The van der Waals surface area contributed by atoms with Crippen molar-refractivity contribution in [2.24, 2.45) is 5.73 Å². The standard InChI is InChI=1S/C13H20N2O/c1-3-9-15(2)13(16)12(14)10-11-7-5-4-6-8-11/h4-8,12H,3,9-10,14H2,1-2H3/t12-/m0/s1. The molecule has 16 heavy (non-hydrogen) atoms. The smallest absolute Gasteiger partial charge is 0.239 e. The minimum Gasteiger partial charge on any atom is -0.344 e. The molecule has 0 aromatic heterocycles. The van der Waals surface area contributed by atoms with Crippen LogP contribution in [0.4, 0.5) is 0 Å². The Bertz CT molecular complexity index is 324. The molecule has 2 N–H and O–H groups in total. The zero-order valence-electron chi connectivity index (χ0n) is 10.0. The largest absolute Gasteiger partial charge is 0.344 e. The number of benzene rings is 1. The highest BCUT2D eigenvalue weighted by molar-refractivity contribution is 5.81. The molecule has 1 atom stereocenters. The van der Waals surface area contributed by atoms with Gasteiger partial charge in [0, 0.05) is 13.6 Å². The van der Waals surface area contributed by atoms with E-state index in [1.165, 1.54) is 0 Å². The first-order valence-corrected chi connectivity index (χ1v) is 5.69. The Balaban J connectivity index is 2.52. The Morgan fingerprint density at radius 2 is 2.00 bits per heavy atom. The molecule has 0 saturated carbocycles. The van der Waals surface area contributed by atoms with Crippen LogP contribution in [-0.2, 0) is 11.2 Å². The zero-order chi connectivity index (χ0) is 12.0. The van der Waals surface area contributed by atoms with Crippen molar-refractivity contribution in [1.82, 2.24) is 4.90 Å². The number of nitrogens with two attached hydrogens (primary N) is 1. The van der Waals surface area contributed by atoms with E-state index < -0.39 is 6.04 Å². The average Bonchev–Trinajstić information content (AvgIpc) is 2.29. The van der Waals surface area contributed by atoms with Crippen molar-refractivity contribution in [3.05, 3.63) is 35.9 Å². The molecular weight excluding hydrogens is 200 g/mol. The number of rotatable bonds is 5. The first-order valence-electron chi connectivity index (χ1n) is 5.69. The van der Waals surface area contributed by atoms with Crippen molar-refractivity contribution in [2.75, 3.05) is 13.6 Å². The minimum absolute atomic E-state index is 0.0192. The number of amides is 1. The molecule has 0 radical (unpaired) electrons. The first kappa shape index (κ1) is 12.7.